The number of fused-ring (bicyclic) bond motifs is 1. The molecule has 31 heavy (non-hydrogen) atoms. The number of carbonyl (C=O) groups is 2. The number of aryl methyl sites for hydroxylation is 1. The van der Waals surface area contributed by atoms with Crippen LogP contribution in [0.25, 0.3) is 10.2 Å². The average molecular weight is 438 g/mol. The van der Waals surface area contributed by atoms with Crippen LogP contribution in [0.2, 0.25) is 0 Å². The number of para-hydroxylation sites is 1. The van der Waals surface area contributed by atoms with Gasteiger partial charge in [-0.3, -0.25) is 9.59 Å². The number of ether oxygens (including phenoxy) is 1. The molecular formula is C24H27N3O3S. The van der Waals surface area contributed by atoms with Crippen molar-refractivity contribution >= 4 is 39.1 Å². The lowest BCUT2D eigenvalue weighted by atomic mass is 10.0. The van der Waals surface area contributed by atoms with Crippen LogP contribution in [0.15, 0.2) is 42.5 Å². The van der Waals surface area contributed by atoms with Crippen molar-refractivity contribution in [1.82, 2.24) is 9.88 Å². The van der Waals surface area contributed by atoms with Gasteiger partial charge in [-0.05, 0) is 56.0 Å². The fraction of sp³-hybridized carbons (Fsp3) is 0.375. The number of rotatable bonds is 7. The van der Waals surface area contributed by atoms with Gasteiger partial charge in [-0.15, -0.1) is 11.3 Å². The standard InChI is InChI=1S/C24H27N3O3S/c1-17-18(24(29)27-13-15-30-16-14-27)7-6-9-19(17)25-22(28)11-4-5-12-23-26-20-8-2-3-10-21(20)31-23/h2-3,6-10H,4-5,11-16H2,1H3,(H,25,28). The number of hydrogen-bond acceptors (Lipinski definition) is 5. The van der Waals surface area contributed by atoms with E-state index in [-0.39, 0.29) is 11.8 Å². The molecule has 3 aromatic rings. The Labute approximate surface area is 186 Å². The molecule has 7 heteroatoms. The van der Waals surface area contributed by atoms with Crippen molar-refractivity contribution in [2.24, 2.45) is 0 Å². The SMILES string of the molecule is Cc1c(NC(=O)CCCCc2nc3ccccc3s2)cccc1C(=O)N1CCOCC1. The van der Waals surface area contributed by atoms with Gasteiger partial charge in [-0.2, -0.15) is 0 Å². The highest BCUT2D eigenvalue weighted by Crippen LogP contribution is 2.24. The van der Waals surface area contributed by atoms with Gasteiger partial charge in [0.15, 0.2) is 0 Å². The van der Waals surface area contributed by atoms with Crippen LogP contribution in [-0.2, 0) is 16.0 Å². The highest BCUT2D eigenvalue weighted by Gasteiger charge is 2.21. The molecule has 0 aliphatic carbocycles. The highest BCUT2D eigenvalue weighted by atomic mass is 32.1. The van der Waals surface area contributed by atoms with Crippen LogP contribution in [0, 0.1) is 6.92 Å². The van der Waals surface area contributed by atoms with Crippen LogP contribution in [0.1, 0.15) is 40.2 Å². The first-order chi connectivity index (χ1) is 15.1. The van der Waals surface area contributed by atoms with E-state index in [0.717, 1.165) is 35.4 Å². The van der Waals surface area contributed by atoms with Crippen molar-refractivity contribution in [3.8, 4) is 0 Å². The van der Waals surface area contributed by atoms with Crippen LogP contribution in [0.4, 0.5) is 5.69 Å². The van der Waals surface area contributed by atoms with Crippen molar-refractivity contribution in [1.29, 1.82) is 0 Å². The fourth-order valence-corrected chi connectivity index (χ4v) is 4.75. The van der Waals surface area contributed by atoms with Gasteiger partial charge in [0.2, 0.25) is 5.91 Å². The van der Waals surface area contributed by atoms with E-state index in [1.165, 1.54) is 4.70 Å². The van der Waals surface area contributed by atoms with Crippen molar-refractivity contribution in [2.75, 3.05) is 31.6 Å². The summed E-state index contributed by atoms with van der Waals surface area (Å²) in [6.07, 6.45) is 3.05. The maximum Gasteiger partial charge on any atom is 0.254 e. The smallest absolute Gasteiger partial charge is 0.254 e. The topological polar surface area (TPSA) is 71.5 Å². The second kappa shape index (κ2) is 10.0. The first-order valence-electron chi connectivity index (χ1n) is 10.7. The molecule has 1 saturated heterocycles. The number of benzene rings is 2. The van der Waals surface area contributed by atoms with E-state index in [1.807, 2.05) is 43.3 Å². The highest BCUT2D eigenvalue weighted by molar-refractivity contribution is 7.18. The van der Waals surface area contributed by atoms with E-state index in [2.05, 4.69) is 16.4 Å². The van der Waals surface area contributed by atoms with E-state index in [9.17, 15) is 9.59 Å². The Bertz CT molecular complexity index is 1040. The third-order valence-electron chi connectivity index (χ3n) is 5.52. The van der Waals surface area contributed by atoms with Gasteiger partial charge >= 0.3 is 0 Å². The number of unbranched alkanes of at least 4 members (excludes halogenated alkanes) is 1. The van der Waals surface area contributed by atoms with E-state index < -0.39 is 0 Å². The first kappa shape index (κ1) is 21.5. The quantitative estimate of drug-likeness (QED) is 0.555. The van der Waals surface area contributed by atoms with Gasteiger partial charge in [0.1, 0.15) is 0 Å². The molecule has 0 bridgehead atoms. The van der Waals surface area contributed by atoms with Gasteiger partial charge < -0.3 is 15.0 Å². The van der Waals surface area contributed by atoms with Gasteiger partial charge in [-0.1, -0.05) is 18.2 Å². The lowest BCUT2D eigenvalue weighted by Crippen LogP contribution is -2.41. The Balaban J connectivity index is 1.28. The third-order valence-corrected chi connectivity index (χ3v) is 6.62. The molecule has 1 fully saturated rings. The molecule has 1 aliphatic heterocycles. The molecule has 0 spiro atoms. The van der Waals surface area contributed by atoms with Crippen molar-refractivity contribution in [3.05, 3.63) is 58.6 Å². The molecule has 4 rings (SSSR count). The third kappa shape index (κ3) is 5.29. The summed E-state index contributed by atoms with van der Waals surface area (Å²) in [7, 11) is 0. The number of anilines is 1. The normalized spacial score (nSPS) is 14.0. The number of amides is 2. The minimum atomic E-state index is -0.0247. The van der Waals surface area contributed by atoms with Crippen molar-refractivity contribution in [3.63, 3.8) is 0 Å². The summed E-state index contributed by atoms with van der Waals surface area (Å²) in [6.45, 7) is 4.22. The number of nitrogens with one attached hydrogen (secondary N) is 1. The number of morpholine rings is 1. The van der Waals surface area contributed by atoms with Gasteiger partial charge in [0.05, 0.1) is 28.4 Å². The van der Waals surface area contributed by atoms with Crippen LogP contribution in [0.5, 0.6) is 0 Å². The molecule has 0 unspecified atom stereocenters. The molecule has 1 aromatic heterocycles. The number of carbonyl (C=O) groups excluding carboxylic acids is 2. The van der Waals surface area contributed by atoms with E-state index >= 15 is 0 Å². The second-order valence-electron chi connectivity index (χ2n) is 7.71. The van der Waals surface area contributed by atoms with Gasteiger partial charge in [0, 0.05) is 30.8 Å². The zero-order valence-corrected chi connectivity index (χ0v) is 18.5. The predicted octanol–water partition coefficient (Wildman–Crippen LogP) is 4.43. The van der Waals surface area contributed by atoms with Crippen LogP contribution in [-0.4, -0.2) is 48.0 Å². The van der Waals surface area contributed by atoms with Crippen LogP contribution < -0.4 is 5.32 Å². The Kier molecular flexibility index (Phi) is 6.94. The molecule has 6 nitrogen and oxygen atoms in total. The maximum atomic E-state index is 12.8. The Morgan fingerprint density at radius 2 is 1.90 bits per heavy atom. The Morgan fingerprint density at radius 1 is 1.10 bits per heavy atom. The van der Waals surface area contributed by atoms with Crippen molar-refractivity contribution < 1.29 is 14.3 Å². The molecule has 1 N–H and O–H groups in total. The van der Waals surface area contributed by atoms with Crippen LogP contribution in [0.3, 0.4) is 0 Å². The number of hydrogen-bond donors (Lipinski definition) is 1. The second-order valence-corrected chi connectivity index (χ2v) is 8.83. The lowest BCUT2D eigenvalue weighted by molar-refractivity contribution is -0.116. The first-order valence-corrected chi connectivity index (χ1v) is 11.5. The molecule has 0 atom stereocenters. The average Bonchev–Trinajstić information content (AvgIpc) is 3.21. The summed E-state index contributed by atoms with van der Waals surface area (Å²) < 4.78 is 6.53. The molecule has 2 aromatic carbocycles. The van der Waals surface area contributed by atoms with Gasteiger partial charge in [0.25, 0.3) is 5.91 Å². The Hall–Kier alpha value is -2.77. The summed E-state index contributed by atoms with van der Waals surface area (Å²) >= 11 is 1.72. The lowest BCUT2D eigenvalue weighted by Gasteiger charge is -2.27. The number of aromatic nitrogens is 1. The molecule has 2 amide bonds. The largest absolute Gasteiger partial charge is 0.378 e. The molecule has 1 aliphatic rings. The van der Waals surface area contributed by atoms with Crippen molar-refractivity contribution in [2.45, 2.75) is 32.6 Å². The van der Waals surface area contributed by atoms with E-state index in [0.29, 0.717) is 44.0 Å². The zero-order valence-electron chi connectivity index (χ0n) is 17.7. The Morgan fingerprint density at radius 3 is 2.71 bits per heavy atom. The fourth-order valence-electron chi connectivity index (χ4n) is 3.74. The zero-order chi connectivity index (χ0) is 21.6. The van der Waals surface area contributed by atoms with Crippen LogP contribution >= 0.6 is 11.3 Å². The molecule has 2 heterocycles. The summed E-state index contributed by atoms with van der Waals surface area (Å²) in [5.74, 6) is -0.0314. The molecular weight excluding hydrogens is 410 g/mol. The molecule has 0 saturated carbocycles. The van der Waals surface area contributed by atoms with E-state index in [4.69, 9.17) is 4.74 Å². The summed E-state index contributed by atoms with van der Waals surface area (Å²) in [5, 5.41) is 4.10. The monoisotopic (exact) mass is 437 g/mol. The van der Waals surface area contributed by atoms with Gasteiger partial charge in [-0.25, -0.2) is 4.98 Å². The predicted molar refractivity (Wildman–Crippen MR) is 124 cm³/mol. The maximum absolute atomic E-state index is 12.8. The molecule has 162 valence electrons. The number of thiazole rings is 1. The van der Waals surface area contributed by atoms with E-state index in [1.54, 1.807) is 16.2 Å². The summed E-state index contributed by atoms with van der Waals surface area (Å²) in [5.41, 5.74) is 3.19. The molecule has 0 radical (unpaired) electrons. The summed E-state index contributed by atoms with van der Waals surface area (Å²) in [6, 6.07) is 13.6. The number of nitrogens with zero attached hydrogens (tertiary/aromatic N) is 2. The minimum absolute atomic E-state index is 0.00673. The summed E-state index contributed by atoms with van der Waals surface area (Å²) in [4.78, 5) is 31.7. The minimum Gasteiger partial charge on any atom is -0.378 e.